The number of carbonyl (C=O) groups excluding carboxylic acids is 1. The van der Waals surface area contributed by atoms with Gasteiger partial charge in [-0.15, -0.1) is 12.4 Å². The Bertz CT molecular complexity index is 699. The lowest BCUT2D eigenvalue weighted by Crippen LogP contribution is -2.33. The summed E-state index contributed by atoms with van der Waals surface area (Å²) in [5.74, 6) is 0.210. The molecule has 1 N–H and O–H groups in total. The standard InChI is InChI=1S/C17H27N3O4S.ClH/c1-18-8-10-19(2)25(22,23)16-6-4-5-15(11-16)17(21)20-9-7-14(12-20)13-24-3;/h4-6,11,14,18H,7-10,12-13H2,1-3H3;1H. The summed E-state index contributed by atoms with van der Waals surface area (Å²) in [6.07, 6.45) is 0.907. The van der Waals surface area contributed by atoms with E-state index in [9.17, 15) is 13.2 Å². The van der Waals surface area contributed by atoms with Gasteiger partial charge in [0.2, 0.25) is 10.0 Å². The average molecular weight is 406 g/mol. The molecule has 9 heteroatoms. The predicted octanol–water partition coefficient (Wildman–Crippen LogP) is 1.06. The molecular weight excluding hydrogens is 378 g/mol. The van der Waals surface area contributed by atoms with E-state index >= 15 is 0 Å². The number of benzene rings is 1. The van der Waals surface area contributed by atoms with Crippen molar-refractivity contribution in [2.24, 2.45) is 5.92 Å². The predicted molar refractivity (Wildman–Crippen MR) is 103 cm³/mol. The molecule has 0 aromatic heterocycles. The molecule has 2 rings (SSSR count). The first-order valence-corrected chi connectivity index (χ1v) is 9.83. The van der Waals surface area contributed by atoms with Crippen molar-refractivity contribution in [3.05, 3.63) is 29.8 Å². The minimum atomic E-state index is -3.61. The van der Waals surface area contributed by atoms with Gasteiger partial charge in [0.15, 0.2) is 0 Å². The molecule has 0 bridgehead atoms. The molecule has 1 aromatic carbocycles. The van der Waals surface area contributed by atoms with Crippen LogP contribution in [0.5, 0.6) is 0 Å². The number of carbonyl (C=O) groups is 1. The van der Waals surface area contributed by atoms with Gasteiger partial charge in [0.1, 0.15) is 0 Å². The van der Waals surface area contributed by atoms with Gasteiger partial charge in [0, 0.05) is 51.8 Å². The van der Waals surface area contributed by atoms with E-state index in [2.05, 4.69) is 5.32 Å². The van der Waals surface area contributed by atoms with Crippen LogP contribution in [0.4, 0.5) is 0 Å². The molecule has 26 heavy (non-hydrogen) atoms. The van der Waals surface area contributed by atoms with Crippen LogP contribution in [-0.2, 0) is 14.8 Å². The van der Waals surface area contributed by atoms with Gasteiger partial charge in [-0.3, -0.25) is 4.79 Å². The fourth-order valence-electron chi connectivity index (χ4n) is 2.93. The fourth-order valence-corrected chi connectivity index (χ4v) is 4.15. The number of halogens is 1. The van der Waals surface area contributed by atoms with Gasteiger partial charge >= 0.3 is 0 Å². The second-order valence-corrected chi connectivity index (χ2v) is 8.36. The number of nitrogens with one attached hydrogen (secondary N) is 1. The van der Waals surface area contributed by atoms with E-state index in [1.165, 1.54) is 23.5 Å². The van der Waals surface area contributed by atoms with Gasteiger partial charge in [-0.1, -0.05) is 6.07 Å². The number of likely N-dealkylation sites (N-methyl/N-ethyl adjacent to an activating group) is 2. The number of ether oxygens (including phenoxy) is 1. The molecule has 1 amide bonds. The van der Waals surface area contributed by atoms with Gasteiger partial charge < -0.3 is 15.0 Å². The number of rotatable bonds is 8. The van der Waals surface area contributed by atoms with E-state index in [4.69, 9.17) is 4.74 Å². The molecule has 1 saturated heterocycles. The number of hydrogen-bond acceptors (Lipinski definition) is 5. The van der Waals surface area contributed by atoms with Crippen molar-refractivity contribution in [3.8, 4) is 0 Å². The first-order valence-electron chi connectivity index (χ1n) is 8.39. The van der Waals surface area contributed by atoms with Gasteiger partial charge in [-0.2, -0.15) is 4.31 Å². The zero-order valence-electron chi connectivity index (χ0n) is 15.5. The molecule has 1 aliphatic heterocycles. The summed E-state index contributed by atoms with van der Waals surface area (Å²) >= 11 is 0. The van der Waals surface area contributed by atoms with E-state index in [1.807, 2.05) is 0 Å². The van der Waals surface area contributed by atoms with Crippen LogP contribution < -0.4 is 5.32 Å². The molecule has 1 unspecified atom stereocenters. The summed E-state index contributed by atoms with van der Waals surface area (Å²) in [5.41, 5.74) is 0.404. The van der Waals surface area contributed by atoms with Gasteiger partial charge in [0.25, 0.3) is 5.91 Å². The first kappa shape index (κ1) is 22.9. The third kappa shape index (κ3) is 5.40. The monoisotopic (exact) mass is 405 g/mol. The molecule has 1 atom stereocenters. The summed E-state index contributed by atoms with van der Waals surface area (Å²) in [7, 11) is 1.36. The van der Waals surface area contributed by atoms with Crippen molar-refractivity contribution < 1.29 is 17.9 Å². The van der Waals surface area contributed by atoms with Crippen molar-refractivity contribution in [1.29, 1.82) is 0 Å². The largest absolute Gasteiger partial charge is 0.384 e. The first-order chi connectivity index (χ1) is 11.9. The SMILES string of the molecule is CNCCN(C)S(=O)(=O)c1cccc(C(=O)N2CCC(COC)C2)c1.Cl. The van der Waals surface area contributed by atoms with Crippen molar-refractivity contribution in [1.82, 2.24) is 14.5 Å². The molecule has 0 saturated carbocycles. The van der Waals surface area contributed by atoms with Crippen LogP contribution in [0, 0.1) is 5.92 Å². The highest BCUT2D eigenvalue weighted by Gasteiger charge is 2.28. The minimum Gasteiger partial charge on any atom is -0.384 e. The Morgan fingerprint density at radius 3 is 2.81 bits per heavy atom. The summed E-state index contributed by atoms with van der Waals surface area (Å²) < 4.78 is 31.7. The summed E-state index contributed by atoms with van der Waals surface area (Å²) in [4.78, 5) is 14.6. The van der Waals surface area contributed by atoms with E-state index in [-0.39, 0.29) is 23.2 Å². The second-order valence-electron chi connectivity index (χ2n) is 6.32. The maximum Gasteiger partial charge on any atom is 0.253 e. The van der Waals surface area contributed by atoms with Crippen molar-refractivity contribution in [2.45, 2.75) is 11.3 Å². The molecule has 1 fully saturated rings. The van der Waals surface area contributed by atoms with Crippen molar-refractivity contribution in [2.75, 3.05) is 54.0 Å². The number of likely N-dealkylation sites (tertiary alicyclic amines) is 1. The van der Waals surface area contributed by atoms with Crippen molar-refractivity contribution >= 4 is 28.3 Å². The van der Waals surface area contributed by atoms with E-state index in [0.29, 0.717) is 44.3 Å². The third-order valence-corrected chi connectivity index (χ3v) is 6.29. The number of amides is 1. The molecule has 0 spiro atoms. The third-order valence-electron chi connectivity index (χ3n) is 4.44. The van der Waals surface area contributed by atoms with E-state index in [1.54, 1.807) is 31.2 Å². The fraction of sp³-hybridized carbons (Fsp3) is 0.588. The lowest BCUT2D eigenvalue weighted by Gasteiger charge is -2.19. The number of methoxy groups -OCH3 is 1. The maximum absolute atomic E-state index is 12.7. The highest BCUT2D eigenvalue weighted by atomic mass is 35.5. The Morgan fingerprint density at radius 2 is 2.15 bits per heavy atom. The molecule has 7 nitrogen and oxygen atoms in total. The number of sulfonamides is 1. The van der Waals surface area contributed by atoms with Gasteiger partial charge in [0.05, 0.1) is 11.5 Å². The molecule has 0 aliphatic carbocycles. The van der Waals surface area contributed by atoms with E-state index < -0.39 is 10.0 Å². The minimum absolute atomic E-state index is 0. The van der Waals surface area contributed by atoms with Crippen molar-refractivity contribution in [3.63, 3.8) is 0 Å². The molecule has 1 aliphatic rings. The topological polar surface area (TPSA) is 79.0 Å². The second kappa shape index (κ2) is 10.2. The zero-order chi connectivity index (χ0) is 18.4. The van der Waals surface area contributed by atoms with Crippen LogP contribution in [0.25, 0.3) is 0 Å². The lowest BCUT2D eigenvalue weighted by molar-refractivity contribution is 0.0775. The number of hydrogen-bond donors (Lipinski definition) is 1. The Labute approximate surface area is 162 Å². The summed E-state index contributed by atoms with van der Waals surface area (Å²) in [6, 6.07) is 6.28. The smallest absolute Gasteiger partial charge is 0.253 e. The quantitative estimate of drug-likeness (QED) is 0.699. The zero-order valence-corrected chi connectivity index (χ0v) is 17.1. The Morgan fingerprint density at radius 1 is 1.42 bits per heavy atom. The normalized spacial score (nSPS) is 17.4. The lowest BCUT2D eigenvalue weighted by atomic mass is 10.1. The highest BCUT2D eigenvalue weighted by Crippen LogP contribution is 2.21. The van der Waals surface area contributed by atoms with Crippen LogP contribution in [0.2, 0.25) is 0 Å². The van der Waals surface area contributed by atoms with Gasteiger partial charge in [-0.25, -0.2) is 8.42 Å². The Kier molecular flexibility index (Phi) is 8.99. The van der Waals surface area contributed by atoms with Gasteiger partial charge in [-0.05, 0) is 31.7 Å². The highest BCUT2D eigenvalue weighted by molar-refractivity contribution is 7.89. The number of nitrogens with zero attached hydrogens (tertiary/aromatic N) is 2. The van der Waals surface area contributed by atoms with Crippen LogP contribution in [0.1, 0.15) is 16.8 Å². The molecular formula is C17H28ClN3O4S. The van der Waals surface area contributed by atoms with Crippen LogP contribution in [0.3, 0.4) is 0 Å². The Balaban J connectivity index is 0.00000338. The molecule has 148 valence electrons. The van der Waals surface area contributed by atoms with E-state index in [0.717, 1.165) is 6.42 Å². The average Bonchev–Trinajstić information content (AvgIpc) is 3.08. The summed E-state index contributed by atoms with van der Waals surface area (Å²) in [6.45, 7) is 2.87. The maximum atomic E-state index is 12.7. The Hall–Kier alpha value is -1.19. The molecule has 1 heterocycles. The molecule has 1 aromatic rings. The molecule has 0 radical (unpaired) electrons. The van der Waals surface area contributed by atoms with Crippen LogP contribution in [0.15, 0.2) is 29.2 Å². The van der Waals surface area contributed by atoms with Crippen LogP contribution in [-0.4, -0.2) is 77.5 Å². The summed E-state index contributed by atoms with van der Waals surface area (Å²) in [5, 5.41) is 2.93. The van der Waals surface area contributed by atoms with Crippen LogP contribution >= 0.6 is 12.4 Å².